The van der Waals surface area contributed by atoms with E-state index in [-0.39, 0.29) is 41.2 Å². The van der Waals surface area contributed by atoms with E-state index in [2.05, 4.69) is 10.0 Å². The van der Waals surface area contributed by atoms with Crippen molar-refractivity contribution in [3.8, 4) is 0 Å². The number of amides is 2. The number of sulfonamides is 1. The summed E-state index contributed by atoms with van der Waals surface area (Å²) in [7, 11) is -2.33. The highest BCUT2D eigenvalue weighted by Crippen LogP contribution is 2.19. The number of hydrogen-bond donors (Lipinski definition) is 2. The SMILES string of the molecule is CN(CC(=O)Nc1ccccc1)C(=O)CCNS(=O)(=O)c1ccccc1Cl. The molecule has 144 valence electrons. The topological polar surface area (TPSA) is 95.6 Å². The van der Waals surface area contributed by atoms with Crippen LogP contribution in [0.4, 0.5) is 5.69 Å². The molecule has 0 saturated carbocycles. The van der Waals surface area contributed by atoms with E-state index in [1.165, 1.54) is 24.1 Å². The Kier molecular flexibility index (Phi) is 7.35. The number of anilines is 1. The number of halogens is 1. The minimum absolute atomic E-state index is 0.0466. The number of nitrogens with one attached hydrogen (secondary N) is 2. The minimum Gasteiger partial charge on any atom is -0.336 e. The number of rotatable bonds is 8. The summed E-state index contributed by atoms with van der Waals surface area (Å²) >= 11 is 5.89. The van der Waals surface area contributed by atoms with Gasteiger partial charge in [-0.25, -0.2) is 13.1 Å². The molecule has 0 aromatic heterocycles. The molecule has 0 unspecified atom stereocenters. The monoisotopic (exact) mass is 409 g/mol. The molecule has 2 N–H and O–H groups in total. The van der Waals surface area contributed by atoms with Gasteiger partial charge in [0.1, 0.15) is 4.90 Å². The fourth-order valence-electron chi connectivity index (χ4n) is 2.25. The summed E-state index contributed by atoms with van der Waals surface area (Å²) in [6, 6.07) is 14.9. The highest BCUT2D eigenvalue weighted by atomic mass is 35.5. The molecule has 0 fully saturated rings. The molecule has 0 heterocycles. The highest BCUT2D eigenvalue weighted by molar-refractivity contribution is 7.89. The molecule has 27 heavy (non-hydrogen) atoms. The summed E-state index contributed by atoms with van der Waals surface area (Å²) < 4.78 is 26.7. The summed E-state index contributed by atoms with van der Waals surface area (Å²) in [5, 5.41) is 2.78. The average Bonchev–Trinajstić information content (AvgIpc) is 2.62. The molecule has 7 nitrogen and oxygen atoms in total. The maximum absolute atomic E-state index is 12.2. The number of benzene rings is 2. The Balaban J connectivity index is 1.81. The van der Waals surface area contributed by atoms with Crippen molar-refractivity contribution < 1.29 is 18.0 Å². The van der Waals surface area contributed by atoms with E-state index in [9.17, 15) is 18.0 Å². The molecule has 0 bridgehead atoms. The molecule has 9 heteroatoms. The van der Waals surface area contributed by atoms with Gasteiger partial charge in [0.2, 0.25) is 21.8 Å². The van der Waals surface area contributed by atoms with Crippen LogP contribution in [-0.4, -0.2) is 45.3 Å². The normalized spacial score (nSPS) is 11.0. The third-order valence-electron chi connectivity index (χ3n) is 3.62. The van der Waals surface area contributed by atoms with Crippen molar-refractivity contribution >= 4 is 39.1 Å². The predicted octanol–water partition coefficient (Wildman–Crippen LogP) is 2.11. The number of likely N-dealkylation sites (N-methyl/N-ethyl adjacent to an activating group) is 1. The molecule has 0 saturated heterocycles. The number of carbonyl (C=O) groups is 2. The van der Waals surface area contributed by atoms with E-state index in [1.807, 2.05) is 6.07 Å². The largest absolute Gasteiger partial charge is 0.336 e. The van der Waals surface area contributed by atoms with Crippen molar-refractivity contribution in [2.75, 3.05) is 25.5 Å². The first kappa shape index (κ1) is 20.9. The van der Waals surface area contributed by atoms with Crippen molar-refractivity contribution in [2.24, 2.45) is 0 Å². The van der Waals surface area contributed by atoms with Crippen LogP contribution < -0.4 is 10.0 Å². The summed E-state index contributed by atoms with van der Waals surface area (Å²) in [5.74, 6) is -0.700. The maximum Gasteiger partial charge on any atom is 0.243 e. The smallest absolute Gasteiger partial charge is 0.243 e. The van der Waals surface area contributed by atoms with Gasteiger partial charge in [0.05, 0.1) is 11.6 Å². The number of carbonyl (C=O) groups excluding carboxylic acids is 2. The van der Waals surface area contributed by atoms with Gasteiger partial charge in [-0.2, -0.15) is 0 Å². The van der Waals surface area contributed by atoms with Crippen molar-refractivity contribution in [2.45, 2.75) is 11.3 Å². The van der Waals surface area contributed by atoms with Gasteiger partial charge in [-0.15, -0.1) is 0 Å². The van der Waals surface area contributed by atoms with Crippen LogP contribution >= 0.6 is 11.6 Å². The second-order valence-electron chi connectivity index (χ2n) is 5.74. The van der Waals surface area contributed by atoms with Crippen LogP contribution in [0.1, 0.15) is 6.42 Å². The van der Waals surface area contributed by atoms with Gasteiger partial charge in [-0.1, -0.05) is 41.9 Å². The van der Waals surface area contributed by atoms with Crippen LogP contribution in [0, 0.1) is 0 Å². The second kappa shape index (κ2) is 9.50. The third-order valence-corrected chi connectivity index (χ3v) is 5.58. The summed E-state index contributed by atoms with van der Waals surface area (Å²) in [6.07, 6.45) is -0.0845. The molecule has 0 radical (unpaired) electrons. The Bertz CT molecular complexity index is 904. The van der Waals surface area contributed by atoms with Gasteiger partial charge < -0.3 is 10.2 Å². The number of para-hydroxylation sites is 1. The molecule has 0 aliphatic carbocycles. The third kappa shape index (κ3) is 6.35. The van der Waals surface area contributed by atoms with E-state index < -0.39 is 10.0 Å². The maximum atomic E-state index is 12.2. The molecule has 0 atom stereocenters. The fraction of sp³-hybridized carbons (Fsp3) is 0.222. The van der Waals surface area contributed by atoms with E-state index in [0.717, 1.165) is 0 Å². The van der Waals surface area contributed by atoms with Crippen LogP contribution in [0.15, 0.2) is 59.5 Å². The quantitative estimate of drug-likeness (QED) is 0.697. The first-order valence-corrected chi connectivity index (χ1v) is 9.99. The van der Waals surface area contributed by atoms with E-state index in [4.69, 9.17) is 11.6 Å². The highest BCUT2D eigenvalue weighted by Gasteiger charge is 2.18. The average molecular weight is 410 g/mol. The van der Waals surface area contributed by atoms with Gasteiger partial charge in [-0.3, -0.25) is 9.59 Å². The lowest BCUT2D eigenvalue weighted by Crippen LogP contribution is -2.37. The first-order chi connectivity index (χ1) is 12.8. The summed E-state index contributed by atoms with van der Waals surface area (Å²) in [6.45, 7) is -0.234. The predicted molar refractivity (Wildman–Crippen MR) is 104 cm³/mol. The zero-order valence-corrected chi connectivity index (χ0v) is 16.3. The van der Waals surface area contributed by atoms with Crippen molar-refractivity contribution in [1.29, 1.82) is 0 Å². The minimum atomic E-state index is -3.81. The van der Waals surface area contributed by atoms with Gasteiger partial charge in [0.15, 0.2) is 0 Å². The Morgan fingerprint density at radius 1 is 1.04 bits per heavy atom. The van der Waals surface area contributed by atoms with Crippen LogP contribution in [0.5, 0.6) is 0 Å². The lowest BCUT2D eigenvalue weighted by Gasteiger charge is -2.17. The number of hydrogen-bond acceptors (Lipinski definition) is 4. The van der Waals surface area contributed by atoms with Gasteiger partial charge >= 0.3 is 0 Å². The van der Waals surface area contributed by atoms with Crippen molar-refractivity contribution in [3.63, 3.8) is 0 Å². The van der Waals surface area contributed by atoms with Gasteiger partial charge in [-0.05, 0) is 24.3 Å². The van der Waals surface area contributed by atoms with Gasteiger partial charge in [0, 0.05) is 25.7 Å². The fourth-order valence-corrected chi connectivity index (χ4v) is 3.80. The standard InChI is InChI=1S/C18H20ClN3O4S/c1-22(13-17(23)21-14-7-3-2-4-8-14)18(24)11-12-20-27(25,26)16-10-6-5-9-15(16)19/h2-10,20H,11-13H2,1H3,(H,21,23). The Labute approximate surface area is 163 Å². The molecule has 2 amide bonds. The lowest BCUT2D eigenvalue weighted by molar-refractivity contribution is -0.133. The Hall–Kier alpha value is -2.42. The van der Waals surface area contributed by atoms with Gasteiger partial charge in [0.25, 0.3) is 0 Å². The van der Waals surface area contributed by atoms with Crippen LogP contribution in [0.25, 0.3) is 0 Å². The van der Waals surface area contributed by atoms with E-state index in [0.29, 0.717) is 5.69 Å². The van der Waals surface area contributed by atoms with E-state index in [1.54, 1.807) is 36.4 Å². The lowest BCUT2D eigenvalue weighted by atomic mass is 10.3. The molecule has 2 aromatic carbocycles. The van der Waals surface area contributed by atoms with Crippen molar-refractivity contribution in [1.82, 2.24) is 9.62 Å². The molecular weight excluding hydrogens is 390 g/mol. The molecule has 0 aliphatic rings. The van der Waals surface area contributed by atoms with E-state index >= 15 is 0 Å². The van der Waals surface area contributed by atoms with Crippen molar-refractivity contribution in [3.05, 3.63) is 59.6 Å². The Morgan fingerprint density at radius 3 is 2.33 bits per heavy atom. The molecule has 2 aromatic rings. The second-order valence-corrected chi connectivity index (χ2v) is 7.88. The zero-order valence-electron chi connectivity index (χ0n) is 14.7. The number of nitrogens with zero attached hydrogens (tertiary/aromatic N) is 1. The Morgan fingerprint density at radius 2 is 1.67 bits per heavy atom. The van der Waals surface area contributed by atoms with Crippen LogP contribution in [-0.2, 0) is 19.6 Å². The zero-order chi connectivity index (χ0) is 19.9. The summed E-state index contributed by atoms with van der Waals surface area (Å²) in [5.41, 5.74) is 0.635. The molecule has 0 spiro atoms. The molecular formula is C18H20ClN3O4S. The summed E-state index contributed by atoms with van der Waals surface area (Å²) in [4.78, 5) is 25.2. The first-order valence-electron chi connectivity index (χ1n) is 8.12. The molecule has 0 aliphatic heterocycles. The molecule has 2 rings (SSSR count). The van der Waals surface area contributed by atoms with Crippen LogP contribution in [0.2, 0.25) is 5.02 Å². The van der Waals surface area contributed by atoms with Crippen LogP contribution in [0.3, 0.4) is 0 Å².